The van der Waals surface area contributed by atoms with Crippen molar-refractivity contribution in [2.75, 3.05) is 57.3 Å². The molecule has 3 aliphatic rings. The molecule has 2 aromatic rings. The van der Waals surface area contributed by atoms with Gasteiger partial charge in [-0.05, 0) is 17.5 Å². The van der Waals surface area contributed by atoms with E-state index < -0.39 is 0 Å². The van der Waals surface area contributed by atoms with Crippen LogP contribution in [0.5, 0.6) is 0 Å². The lowest BCUT2D eigenvalue weighted by Gasteiger charge is -2.36. The van der Waals surface area contributed by atoms with E-state index in [2.05, 4.69) is 54.2 Å². The molecule has 3 fully saturated rings. The summed E-state index contributed by atoms with van der Waals surface area (Å²) in [5.41, 5.74) is 1.27. The summed E-state index contributed by atoms with van der Waals surface area (Å²) in [4.78, 5) is 28.6. The molecule has 0 aliphatic carbocycles. The van der Waals surface area contributed by atoms with E-state index in [0.29, 0.717) is 18.4 Å². The predicted molar refractivity (Wildman–Crippen MR) is 126 cm³/mol. The Hall–Kier alpha value is -1.93. The molecule has 0 saturated carbocycles. The Balaban J connectivity index is 0.00000136. The van der Waals surface area contributed by atoms with Gasteiger partial charge in [0.15, 0.2) is 0 Å². The van der Waals surface area contributed by atoms with Crippen molar-refractivity contribution in [2.24, 2.45) is 11.8 Å². The number of carbonyl (C=O) groups is 1. The molecule has 0 bridgehead atoms. The van der Waals surface area contributed by atoms with Gasteiger partial charge in [-0.1, -0.05) is 30.3 Å². The number of halogens is 2. The van der Waals surface area contributed by atoms with Crippen molar-refractivity contribution in [2.45, 2.75) is 6.04 Å². The third-order valence-electron chi connectivity index (χ3n) is 6.59. The summed E-state index contributed by atoms with van der Waals surface area (Å²) in [7, 11) is 0. The minimum Gasteiger partial charge on any atom is -0.338 e. The largest absolute Gasteiger partial charge is 0.338 e. The zero-order chi connectivity index (χ0) is 19.6. The molecule has 3 saturated heterocycles. The SMILES string of the molecule is Cl.Cl.O=C(CN1CCN(c2ncccn2)CC1)N1C[C@@H]2CNC[C@@H]2[C@H]1c1ccccc1. The molecule has 1 aromatic carbocycles. The van der Waals surface area contributed by atoms with Crippen molar-refractivity contribution < 1.29 is 4.79 Å². The number of hydrogen-bond donors (Lipinski definition) is 1. The molecule has 1 N–H and O–H groups in total. The molecule has 1 aromatic heterocycles. The molecule has 168 valence electrons. The number of hydrogen-bond acceptors (Lipinski definition) is 6. The minimum atomic E-state index is 0. The van der Waals surface area contributed by atoms with Gasteiger partial charge in [0.2, 0.25) is 11.9 Å². The molecule has 3 aliphatic heterocycles. The van der Waals surface area contributed by atoms with Crippen LogP contribution in [0.3, 0.4) is 0 Å². The molecule has 1 amide bonds. The van der Waals surface area contributed by atoms with Gasteiger partial charge in [0.25, 0.3) is 0 Å². The van der Waals surface area contributed by atoms with E-state index in [0.717, 1.165) is 51.8 Å². The number of benzene rings is 1. The lowest BCUT2D eigenvalue weighted by Crippen LogP contribution is -2.50. The van der Waals surface area contributed by atoms with Gasteiger partial charge >= 0.3 is 0 Å². The maximum absolute atomic E-state index is 13.3. The van der Waals surface area contributed by atoms with Crippen LogP contribution in [0.4, 0.5) is 5.95 Å². The second kappa shape index (κ2) is 10.6. The maximum Gasteiger partial charge on any atom is 0.237 e. The van der Waals surface area contributed by atoms with Crippen LogP contribution in [0.2, 0.25) is 0 Å². The van der Waals surface area contributed by atoms with Crippen molar-refractivity contribution >= 4 is 36.7 Å². The van der Waals surface area contributed by atoms with Gasteiger partial charge in [-0.2, -0.15) is 0 Å². The number of anilines is 1. The molecule has 7 nitrogen and oxygen atoms in total. The smallest absolute Gasteiger partial charge is 0.237 e. The van der Waals surface area contributed by atoms with E-state index in [1.165, 1.54) is 5.56 Å². The molecule has 5 rings (SSSR count). The van der Waals surface area contributed by atoms with E-state index in [1.54, 1.807) is 12.4 Å². The number of amides is 1. The van der Waals surface area contributed by atoms with E-state index in [9.17, 15) is 4.79 Å². The summed E-state index contributed by atoms with van der Waals surface area (Å²) >= 11 is 0. The van der Waals surface area contributed by atoms with Crippen LogP contribution in [0.1, 0.15) is 11.6 Å². The highest BCUT2D eigenvalue weighted by molar-refractivity contribution is 5.85. The van der Waals surface area contributed by atoms with Gasteiger partial charge < -0.3 is 15.1 Å². The van der Waals surface area contributed by atoms with E-state index in [-0.39, 0.29) is 36.8 Å². The second-order valence-corrected chi connectivity index (χ2v) is 8.30. The van der Waals surface area contributed by atoms with Crippen LogP contribution in [0, 0.1) is 11.8 Å². The van der Waals surface area contributed by atoms with E-state index in [1.807, 2.05) is 12.1 Å². The van der Waals surface area contributed by atoms with Crippen molar-refractivity contribution in [1.29, 1.82) is 0 Å². The fraction of sp³-hybridized carbons (Fsp3) is 0.500. The monoisotopic (exact) mass is 464 g/mol. The zero-order valence-corrected chi connectivity index (χ0v) is 19.1. The number of fused-ring (bicyclic) bond motifs is 1. The molecule has 0 spiro atoms. The highest BCUT2D eigenvalue weighted by Crippen LogP contribution is 2.42. The third kappa shape index (κ3) is 4.95. The van der Waals surface area contributed by atoms with Crippen LogP contribution >= 0.6 is 24.8 Å². The molecular formula is C22H30Cl2N6O. The topological polar surface area (TPSA) is 64.6 Å². The fourth-order valence-corrected chi connectivity index (χ4v) is 5.10. The molecule has 9 heteroatoms. The summed E-state index contributed by atoms with van der Waals surface area (Å²) in [6.07, 6.45) is 3.56. The molecule has 0 unspecified atom stereocenters. The lowest BCUT2D eigenvalue weighted by atomic mass is 9.89. The summed E-state index contributed by atoms with van der Waals surface area (Å²) in [5, 5.41) is 3.52. The van der Waals surface area contributed by atoms with Gasteiger partial charge in [-0.3, -0.25) is 9.69 Å². The van der Waals surface area contributed by atoms with Crippen LogP contribution < -0.4 is 10.2 Å². The van der Waals surface area contributed by atoms with Crippen molar-refractivity contribution in [3.63, 3.8) is 0 Å². The number of nitrogens with zero attached hydrogens (tertiary/aromatic N) is 5. The van der Waals surface area contributed by atoms with Crippen LogP contribution in [-0.4, -0.2) is 78.0 Å². The van der Waals surface area contributed by atoms with Crippen LogP contribution in [0.15, 0.2) is 48.8 Å². The zero-order valence-electron chi connectivity index (χ0n) is 17.5. The van der Waals surface area contributed by atoms with Gasteiger partial charge in [0.05, 0.1) is 12.6 Å². The third-order valence-corrected chi connectivity index (χ3v) is 6.59. The summed E-state index contributed by atoms with van der Waals surface area (Å²) in [6, 6.07) is 12.6. The quantitative estimate of drug-likeness (QED) is 0.744. The molecule has 4 heterocycles. The normalized spacial score (nSPS) is 25.5. The van der Waals surface area contributed by atoms with Crippen LogP contribution in [-0.2, 0) is 4.79 Å². The number of carbonyl (C=O) groups excluding carboxylic acids is 1. The average Bonchev–Trinajstić information content (AvgIpc) is 3.37. The summed E-state index contributed by atoms with van der Waals surface area (Å²) in [5.74, 6) is 2.13. The molecule has 0 radical (unpaired) electrons. The first-order valence-electron chi connectivity index (χ1n) is 10.6. The van der Waals surface area contributed by atoms with E-state index in [4.69, 9.17) is 0 Å². The Kier molecular flexibility index (Phi) is 8.11. The Morgan fingerprint density at radius 3 is 2.39 bits per heavy atom. The van der Waals surface area contributed by atoms with Crippen LogP contribution in [0.25, 0.3) is 0 Å². The van der Waals surface area contributed by atoms with Crippen molar-refractivity contribution in [3.8, 4) is 0 Å². The second-order valence-electron chi connectivity index (χ2n) is 8.30. The number of aromatic nitrogens is 2. The van der Waals surface area contributed by atoms with Gasteiger partial charge in [0.1, 0.15) is 0 Å². The first-order valence-corrected chi connectivity index (χ1v) is 10.6. The predicted octanol–water partition coefficient (Wildman–Crippen LogP) is 1.86. The first-order chi connectivity index (χ1) is 14.3. The Bertz CT molecular complexity index is 834. The first kappa shape index (κ1) is 23.7. The van der Waals surface area contributed by atoms with Crippen molar-refractivity contribution in [3.05, 3.63) is 54.4 Å². The minimum absolute atomic E-state index is 0. The number of rotatable bonds is 4. The number of piperazine rings is 1. The van der Waals surface area contributed by atoms with E-state index >= 15 is 0 Å². The lowest BCUT2D eigenvalue weighted by molar-refractivity contribution is -0.134. The van der Waals surface area contributed by atoms with Gasteiger partial charge in [-0.25, -0.2) is 9.97 Å². The Morgan fingerprint density at radius 2 is 1.68 bits per heavy atom. The highest BCUT2D eigenvalue weighted by atomic mass is 35.5. The van der Waals surface area contributed by atoms with Gasteiger partial charge in [0, 0.05) is 64.1 Å². The number of likely N-dealkylation sites (tertiary alicyclic amines) is 1. The van der Waals surface area contributed by atoms with Crippen molar-refractivity contribution in [1.82, 2.24) is 25.1 Å². The highest BCUT2D eigenvalue weighted by Gasteiger charge is 2.46. The summed E-state index contributed by atoms with van der Waals surface area (Å²) < 4.78 is 0. The Labute approximate surface area is 196 Å². The maximum atomic E-state index is 13.3. The average molecular weight is 465 g/mol. The summed E-state index contributed by atoms with van der Waals surface area (Å²) in [6.45, 7) is 6.83. The Morgan fingerprint density at radius 1 is 0.968 bits per heavy atom. The van der Waals surface area contributed by atoms with Gasteiger partial charge in [-0.15, -0.1) is 24.8 Å². The molecular weight excluding hydrogens is 435 g/mol. The molecule has 3 atom stereocenters. The fourth-order valence-electron chi connectivity index (χ4n) is 5.10. The molecule has 31 heavy (non-hydrogen) atoms. The number of nitrogens with one attached hydrogen (secondary N) is 1. The standard InChI is InChI=1S/C22H28N6O.2ClH/c29-20(16-26-9-11-27(12-10-26)22-24-7-4-8-25-22)28-15-18-13-23-14-19(18)21(28)17-5-2-1-3-6-17;;/h1-8,18-19,21,23H,9-16H2;2*1H/t18-,19-,21+;;/m0../s1.